The van der Waals surface area contributed by atoms with Crippen molar-refractivity contribution in [1.82, 2.24) is 0 Å². The van der Waals surface area contributed by atoms with Crippen molar-refractivity contribution in [3.8, 4) is 5.75 Å². The summed E-state index contributed by atoms with van der Waals surface area (Å²) in [7, 11) is 2.97. The zero-order valence-corrected chi connectivity index (χ0v) is 11.8. The Labute approximate surface area is 114 Å². The van der Waals surface area contributed by atoms with Crippen LogP contribution in [0.1, 0.15) is 43.0 Å². The van der Waals surface area contributed by atoms with E-state index in [2.05, 4.69) is 6.92 Å². The molecule has 106 valence electrons. The number of hydrogen-bond donors (Lipinski definition) is 0. The molecule has 0 N–H and O–H groups in total. The topological polar surface area (TPSA) is 44.8 Å². The minimum absolute atomic E-state index is 0.0926. The van der Waals surface area contributed by atoms with Gasteiger partial charge in [-0.2, -0.15) is 0 Å². The van der Waals surface area contributed by atoms with Crippen LogP contribution < -0.4 is 4.74 Å². The van der Waals surface area contributed by atoms with E-state index >= 15 is 0 Å². The average Bonchev–Trinajstić information content (AvgIpc) is 2.45. The molecule has 1 aromatic rings. The average molecular weight is 266 g/mol. The summed E-state index contributed by atoms with van der Waals surface area (Å²) in [6.45, 7) is 1.31. The third-order valence-electron chi connectivity index (χ3n) is 2.80. The van der Waals surface area contributed by atoms with Crippen LogP contribution >= 0.6 is 0 Å². The number of methoxy groups -OCH3 is 2. The van der Waals surface area contributed by atoms with Crippen molar-refractivity contribution in [2.24, 2.45) is 0 Å². The van der Waals surface area contributed by atoms with E-state index in [0.717, 1.165) is 19.3 Å². The lowest BCUT2D eigenvalue weighted by molar-refractivity contribution is -0.219. The number of para-hydroxylation sites is 1. The fraction of sp³-hybridized carbons (Fsp3) is 0.533. The van der Waals surface area contributed by atoms with Crippen molar-refractivity contribution in [3.05, 3.63) is 29.8 Å². The molecule has 19 heavy (non-hydrogen) atoms. The van der Waals surface area contributed by atoms with Crippen molar-refractivity contribution in [1.29, 1.82) is 0 Å². The molecule has 0 aliphatic carbocycles. The molecule has 0 aliphatic rings. The molecule has 0 spiro atoms. The minimum atomic E-state index is -0.801. The van der Waals surface area contributed by atoms with Gasteiger partial charge in [0.1, 0.15) is 5.75 Å². The Bertz CT molecular complexity index is 385. The Morgan fingerprint density at radius 2 is 1.84 bits per heavy atom. The highest BCUT2D eigenvalue weighted by Crippen LogP contribution is 2.22. The largest absolute Gasteiger partial charge is 0.440 e. The summed E-state index contributed by atoms with van der Waals surface area (Å²) in [5.41, 5.74) is 0.581. The van der Waals surface area contributed by atoms with Crippen LogP contribution in [-0.4, -0.2) is 26.5 Å². The van der Waals surface area contributed by atoms with Crippen LogP contribution in [0, 0.1) is 0 Å². The van der Waals surface area contributed by atoms with Crippen molar-refractivity contribution < 1.29 is 19.0 Å². The fourth-order valence-electron chi connectivity index (χ4n) is 1.77. The molecule has 0 unspecified atom stereocenters. The zero-order valence-electron chi connectivity index (χ0n) is 11.8. The molecule has 0 atom stereocenters. The van der Waals surface area contributed by atoms with Crippen molar-refractivity contribution >= 4 is 5.78 Å². The molecule has 0 aliphatic heterocycles. The lowest BCUT2D eigenvalue weighted by atomic mass is 10.0. The molecule has 0 radical (unpaired) electrons. The third kappa shape index (κ3) is 5.01. The normalized spacial score (nSPS) is 10.7. The van der Waals surface area contributed by atoms with E-state index in [0.29, 0.717) is 17.7 Å². The molecular formula is C15H22O4. The maximum Gasteiger partial charge on any atom is 0.315 e. The van der Waals surface area contributed by atoms with Crippen LogP contribution in [0.3, 0.4) is 0 Å². The minimum Gasteiger partial charge on any atom is -0.440 e. The van der Waals surface area contributed by atoms with Crippen LogP contribution in [-0.2, 0) is 9.47 Å². The zero-order chi connectivity index (χ0) is 14.1. The van der Waals surface area contributed by atoms with Gasteiger partial charge in [-0.15, -0.1) is 0 Å². The first-order valence-corrected chi connectivity index (χ1v) is 6.57. The van der Waals surface area contributed by atoms with Gasteiger partial charge in [0.15, 0.2) is 5.78 Å². The first-order valence-electron chi connectivity index (χ1n) is 6.57. The van der Waals surface area contributed by atoms with E-state index in [9.17, 15) is 4.79 Å². The molecule has 4 nitrogen and oxygen atoms in total. The quantitative estimate of drug-likeness (QED) is 0.390. The second-order valence-electron chi connectivity index (χ2n) is 4.25. The number of unbranched alkanes of at least 4 members (excludes halogenated alkanes) is 2. The summed E-state index contributed by atoms with van der Waals surface area (Å²) in [5, 5.41) is 0. The van der Waals surface area contributed by atoms with E-state index in [-0.39, 0.29) is 5.78 Å². The van der Waals surface area contributed by atoms with Gasteiger partial charge in [-0.1, -0.05) is 31.9 Å². The van der Waals surface area contributed by atoms with Gasteiger partial charge in [0.05, 0.1) is 5.56 Å². The second-order valence-corrected chi connectivity index (χ2v) is 4.25. The predicted molar refractivity (Wildman–Crippen MR) is 73.3 cm³/mol. The summed E-state index contributed by atoms with van der Waals surface area (Å²) < 4.78 is 15.5. The summed E-state index contributed by atoms with van der Waals surface area (Å²) in [6, 6.07) is 7.17. The number of ketones is 1. The number of hydrogen-bond acceptors (Lipinski definition) is 4. The lowest BCUT2D eigenvalue weighted by Crippen LogP contribution is -2.21. The summed E-state index contributed by atoms with van der Waals surface area (Å²) >= 11 is 0. The smallest absolute Gasteiger partial charge is 0.315 e. The van der Waals surface area contributed by atoms with Crippen LogP contribution in [0.5, 0.6) is 5.75 Å². The second kappa shape index (κ2) is 8.67. The Morgan fingerprint density at radius 3 is 2.47 bits per heavy atom. The molecule has 0 amide bonds. The molecule has 0 fully saturated rings. The van der Waals surface area contributed by atoms with Gasteiger partial charge in [-0.3, -0.25) is 4.79 Å². The fourth-order valence-corrected chi connectivity index (χ4v) is 1.77. The molecule has 4 heteroatoms. The Morgan fingerprint density at radius 1 is 1.16 bits per heavy atom. The van der Waals surface area contributed by atoms with E-state index in [4.69, 9.17) is 14.2 Å². The number of carbonyl (C=O) groups is 1. The van der Waals surface area contributed by atoms with Gasteiger partial charge in [-0.25, -0.2) is 0 Å². The van der Waals surface area contributed by atoms with Gasteiger partial charge in [0.25, 0.3) is 0 Å². The van der Waals surface area contributed by atoms with Gasteiger partial charge in [0.2, 0.25) is 0 Å². The molecule has 0 aromatic heterocycles. The molecule has 1 rings (SSSR count). The van der Waals surface area contributed by atoms with E-state index in [1.54, 1.807) is 12.1 Å². The number of rotatable bonds is 9. The van der Waals surface area contributed by atoms with Crippen LogP contribution in [0.25, 0.3) is 0 Å². The third-order valence-corrected chi connectivity index (χ3v) is 2.80. The molecule has 0 saturated heterocycles. The van der Waals surface area contributed by atoms with Gasteiger partial charge in [0, 0.05) is 20.6 Å². The number of Topliss-reactive ketones (excluding diaryl/α,β-unsaturated/α-hetero) is 1. The highest BCUT2D eigenvalue weighted by atomic mass is 16.8. The highest BCUT2D eigenvalue weighted by Gasteiger charge is 2.15. The van der Waals surface area contributed by atoms with Gasteiger partial charge in [-0.05, 0) is 18.6 Å². The van der Waals surface area contributed by atoms with Crippen molar-refractivity contribution in [3.63, 3.8) is 0 Å². The first-order chi connectivity index (χ1) is 9.22. The molecule has 0 heterocycles. The number of carbonyl (C=O) groups excluding carboxylic acids is 1. The Hall–Kier alpha value is -1.39. The van der Waals surface area contributed by atoms with E-state index in [1.807, 2.05) is 12.1 Å². The van der Waals surface area contributed by atoms with Crippen LogP contribution in [0.2, 0.25) is 0 Å². The van der Waals surface area contributed by atoms with Gasteiger partial charge < -0.3 is 14.2 Å². The standard InChI is InChI=1S/C15H22O4/c1-4-5-6-10-13(16)12-9-7-8-11-14(12)19-15(17-2)18-3/h7-9,11,15H,4-6,10H2,1-3H3. The van der Waals surface area contributed by atoms with E-state index in [1.165, 1.54) is 14.2 Å². The monoisotopic (exact) mass is 266 g/mol. The van der Waals surface area contributed by atoms with Crippen LogP contribution in [0.4, 0.5) is 0 Å². The van der Waals surface area contributed by atoms with Crippen LogP contribution in [0.15, 0.2) is 24.3 Å². The number of ether oxygens (including phenoxy) is 3. The Balaban J connectivity index is 2.74. The molecule has 0 bridgehead atoms. The summed E-state index contributed by atoms with van der Waals surface area (Å²) in [4.78, 5) is 12.1. The van der Waals surface area contributed by atoms with Crippen molar-refractivity contribution in [2.45, 2.75) is 39.1 Å². The first kappa shape index (κ1) is 15.7. The Kier molecular flexibility index (Phi) is 7.15. The maximum atomic E-state index is 12.1. The SMILES string of the molecule is CCCCCC(=O)c1ccccc1OC(OC)OC. The maximum absolute atomic E-state index is 12.1. The molecular weight excluding hydrogens is 244 g/mol. The number of benzene rings is 1. The molecule has 0 saturated carbocycles. The summed E-state index contributed by atoms with van der Waals surface area (Å²) in [6.07, 6.45) is 3.61. The predicted octanol–water partition coefficient (Wildman–Crippen LogP) is 3.40. The molecule has 1 aromatic carbocycles. The van der Waals surface area contributed by atoms with Gasteiger partial charge >= 0.3 is 6.48 Å². The summed E-state index contributed by atoms with van der Waals surface area (Å²) in [5.74, 6) is 0.590. The van der Waals surface area contributed by atoms with E-state index < -0.39 is 6.48 Å². The highest BCUT2D eigenvalue weighted by molar-refractivity contribution is 5.98. The van der Waals surface area contributed by atoms with Crippen molar-refractivity contribution in [2.75, 3.05) is 14.2 Å². The lowest BCUT2D eigenvalue weighted by Gasteiger charge is -2.17.